The van der Waals surface area contributed by atoms with Gasteiger partial charge in [0, 0.05) is 10.4 Å². The maximum Gasteiger partial charge on any atom is 0.341 e. The van der Waals surface area contributed by atoms with E-state index < -0.39 is 5.97 Å². The van der Waals surface area contributed by atoms with Crippen molar-refractivity contribution in [1.29, 1.82) is 0 Å². The zero-order chi connectivity index (χ0) is 19.1. The molecule has 0 unspecified atom stereocenters. The average Bonchev–Trinajstić information content (AvgIpc) is 2.96. The minimum Gasteiger partial charge on any atom is -0.462 e. The summed E-state index contributed by atoms with van der Waals surface area (Å²) < 4.78 is 5.26. The van der Waals surface area contributed by atoms with E-state index >= 15 is 0 Å². The third kappa shape index (κ3) is 4.71. The lowest BCUT2D eigenvalue weighted by molar-refractivity contribution is -0.888. The van der Waals surface area contributed by atoms with Gasteiger partial charge in [0.25, 0.3) is 5.91 Å². The second-order valence-corrected chi connectivity index (χ2v) is 7.23. The lowest BCUT2D eigenvalue weighted by atomic mass is 10.0. The van der Waals surface area contributed by atoms with Crippen LogP contribution in [-0.4, -0.2) is 38.1 Å². The van der Waals surface area contributed by atoms with Crippen LogP contribution < -0.4 is 10.2 Å². The highest BCUT2D eigenvalue weighted by atomic mass is 32.1. The van der Waals surface area contributed by atoms with E-state index in [0.29, 0.717) is 23.7 Å². The first-order valence-corrected chi connectivity index (χ1v) is 9.82. The van der Waals surface area contributed by atoms with Gasteiger partial charge in [0.05, 0.1) is 19.7 Å². The van der Waals surface area contributed by atoms with Crippen molar-refractivity contribution < 1.29 is 19.2 Å². The van der Waals surface area contributed by atoms with Crippen LogP contribution in [0.25, 0.3) is 11.1 Å². The van der Waals surface area contributed by atoms with Crippen LogP contribution in [0.5, 0.6) is 0 Å². The molecule has 0 saturated carbocycles. The fourth-order valence-electron chi connectivity index (χ4n) is 2.88. The molecule has 0 radical (unpaired) electrons. The van der Waals surface area contributed by atoms with E-state index in [4.69, 9.17) is 4.74 Å². The van der Waals surface area contributed by atoms with Gasteiger partial charge in [-0.15, -0.1) is 11.3 Å². The molecule has 2 rings (SSSR count). The van der Waals surface area contributed by atoms with Crippen LogP contribution in [0.15, 0.2) is 30.3 Å². The number of benzene rings is 1. The number of likely N-dealkylation sites (N-methyl/N-ethyl adjacent to an activating group) is 1. The highest BCUT2D eigenvalue weighted by molar-refractivity contribution is 7.17. The van der Waals surface area contributed by atoms with Gasteiger partial charge in [-0.3, -0.25) is 4.79 Å². The fraction of sp³-hybridized carbons (Fsp3) is 0.400. The number of esters is 1. The molecule has 0 aliphatic carbocycles. The predicted octanol–water partition coefficient (Wildman–Crippen LogP) is 2.76. The Balaban J connectivity index is 2.40. The van der Waals surface area contributed by atoms with Gasteiger partial charge in [-0.2, -0.15) is 0 Å². The maximum atomic E-state index is 12.6. The minimum absolute atomic E-state index is 0.0879. The molecule has 0 bridgehead atoms. The van der Waals surface area contributed by atoms with E-state index in [1.54, 1.807) is 6.92 Å². The van der Waals surface area contributed by atoms with Crippen LogP contribution in [-0.2, 0) is 9.53 Å². The predicted molar refractivity (Wildman–Crippen MR) is 106 cm³/mol. The average molecular weight is 376 g/mol. The number of thiophene rings is 1. The molecule has 5 nitrogen and oxygen atoms in total. The molecule has 2 N–H and O–H groups in total. The van der Waals surface area contributed by atoms with Gasteiger partial charge in [0.1, 0.15) is 10.6 Å². The Labute approximate surface area is 159 Å². The highest BCUT2D eigenvalue weighted by Crippen LogP contribution is 2.40. The summed E-state index contributed by atoms with van der Waals surface area (Å²) in [4.78, 5) is 27.2. The van der Waals surface area contributed by atoms with Gasteiger partial charge in [-0.25, -0.2) is 4.79 Å². The molecule has 0 spiro atoms. The van der Waals surface area contributed by atoms with Crippen molar-refractivity contribution in [3.05, 3.63) is 40.8 Å². The lowest BCUT2D eigenvalue weighted by Crippen LogP contribution is -3.12. The van der Waals surface area contributed by atoms with E-state index in [1.807, 2.05) is 37.3 Å². The molecule has 0 fully saturated rings. The SMILES string of the molecule is CCOC(=O)c1c(NC(=O)C[NH+](CC)CC)sc(C)c1-c1ccccc1. The summed E-state index contributed by atoms with van der Waals surface area (Å²) in [6, 6.07) is 9.73. The fourth-order valence-corrected chi connectivity index (χ4v) is 3.96. The molecule has 1 heterocycles. The second kappa shape index (κ2) is 9.50. The molecule has 1 amide bonds. The zero-order valence-corrected chi connectivity index (χ0v) is 16.7. The number of quaternary nitrogens is 1. The zero-order valence-electron chi connectivity index (χ0n) is 15.8. The Morgan fingerprint density at radius 2 is 1.77 bits per heavy atom. The molecule has 0 saturated heterocycles. The number of ether oxygens (including phenoxy) is 1. The van der Waals surface area contributed by atoms with Crippen molar-refractivity contribution >= 4 is 28.2 Å². The van der Waals surface area contributed by atoms with E-state index in [2.05, 4.69) is 19.2 Å². The summed E-state index contributed by atoms with van der Waals surface area (Å²) in [5, 5.41) is 3.50. The number of carbonyl (C=O) groups excluding carboxylic acids is 2. The number of anilines is 1. The van der Waals surface area contributed by atoms with Gasteiger partial charge < -0.3 is 15.0 Å². The van der Waals surface area contributed by atoms with Crippen molar-refractivity contribution in [1.82, 2.24) is 0 Å². The summed E-state index contributed by atoms with van der Waals surface area (Å²) in [5.74, 6) is -0.490. The normalized spacial score (nSPS) is 10.8. The van der Waals surface area contributed by atoms with Gasteiger partial charge in [-0.1, -0.05) is 30.3 Å². The first-order valence-electron chi connectivity index (χ1n) is 9.01. The van der Waals surface area contributed by atoms with Gasteiger partial charge in [0.2, 0.25) is 0 Å². The van der Waals surface area contributed by atoms with E-state index in [0.717, 1.165) is 29.1 Å². The van der Waals surface area contributed by atoms with Crippen LogP contribution in [0.3, 0.4) is 0 Å². The van der Waals surface area contributed by atoms with E-state index in [1.165, 1.54) is 16.2 Å². The van der Waals surface area contributed by atoms with Crippen LogP contribution >= 0.6 is 11.3 Å². The van der Waals surface area contributed by atoms with Crippen LogP contribution in [0, 0.1) is 6.92 Å². The standard InChI is InChI=1S/C20H26N2O3S/c1-5-22(6-2)13-16(23)21-19-18(20(24)25-7-3)17(14(4)26-19)15-11-9-8-10-12-15/h8-12H,5-7,13H2,1-4H3,(H,21,23)/p+1. The van der Waals surface area contributed by atoms with Gasteiger partial charge >= 0.3 is 5.97 Å². The smallest absolute Gasteiger partial charge is 0.341 e. The van der Waals surface area contributed by atoms with Crippen LogP contribution in [0.4, 0.5) is 5.00 Å². The molecular formula is C20H27N2O3S+. The van der Waals surface area contributed by atoms with Crippen molar-refractivity contribution in [3.8, 4) is 11.1 Å². The number of amides is 1. The van der Waals surface area contributed by atoms with Crippen LogP contribution in [0.2, 0.25) is 0 Å². The lowest BCUT2D eigenvalue weighted by Gasteiger charge is -2.15. The molecule has 1 aromatic heterocycles. The summed E-state index contributed by atoms with van der Waals surface area (Å²) in [6.45, 7) is 10.3. The molecule has 140 valence electrons. The number of aryl methyl sites for hydroxylation is 1. The highest BCUT2D eigenvalue weighted by Gasteiger charge is 2.26. The van der Waals surface area contributed by atoms with Crippen molar-refractivity contribution in [2.24, 2.45) is 0 Å². The molecular weight excluding hydrogens is 348 g/mol. The van der Waals surface area contributed by atoms with Crippen LogP contribution in [0.1, 0.15) is 36.0 Å². The summed E-state index contributed by atoms with van der Waals surface area (Å²) in [5.41, 5.74) is 2.22. The summed E-state index contributed by atoms with van der Waals surface area (Å²) in [7, 11) is 0. The second-order valence-electron chi connectivity index (χ2n) is 6.01. The molecule has 2 aromatic rings. The Morgan fingerprint density at radius 1 is 1.12 bits per heavy atom. The van der Waals surface area contributed by atoms with Crippen molar-refractivity contribution in [2.75, 3.05) is 31.6 Å². The van der Waals surface area contributed by atoms with E-state index in [9.17, 15) is 9.59 Å². The first kappa shape index (κ1) is 20.1. The minimum atomic E-state index is -0.402. The van der Waals surface area contributed by atoms with Gasteiger partial charge in [-0.05, 0) is 33.3 Å². The number of carbonyl (C=O) groups is 2. The first-order chi connectivity index (χ1) is 12.5. The Morgan fingerprint density at radius 3 is 2.35 bits per heavy atom. The topological polar surface area (TPSA) is 59.8 Å². The number of hydrogen-bond donors (Lipinski definition) is 2. The van der Waals surface area contributed by atoms with Crippen molar-refractivity contribution in [3.63, 3.8) is 0 Å². The Hall–Kier alpha value is -2.18. The number of hydrogen-bond acceptors (Lipinski definition) is 4. The molecule has 0 aliphatic rings. The Bertz CT molecular complexity index is 752. The quantitative estimate of drug-likeness (QED) is 0.698. The molecule has 0 atom stereocenters. The van der Waals surface area contributed by atoms with Crippen molar-refractivity contribution in [2.45, 2.75) is 27.7 Å². The summed E-state index contributed by atoms with van der Waals surface area (Å²) >= 11 is 1.42. The van der Waals surface area contributed by atoms with E-state index in [-0.39, 0.29) is 5.91 Å². The molecule has 26 heavy (non-hydrogen) atoms. The third-order valence-corrected chi connectivity index (χ3v) is 5.31. The molecule has 1 aromatic carbocycles. The number of rotatable bonds is 8. The van der Waals surface area contributed by atoms with Gasteiger partial charge in [0.15, 0.2) is 6.54 Å². The summed E-state index contributed by atoms with van der Waals surface area (Å²) in [6.07, 6.45) is 0. The maximum absolute atomic E-state index is 12.6. The number of nitrogens with one attached hydrogen (secondary N) is 2. The Kier molecular flexibility index (Phi) is 7.36. The molecule has 6 heteroatoms. The molecule has 0 aliphatic heterocycles. The monoisotopic (exact) mass is 375 g/mol. The largest absolute Gasteiger partial charge is 0.462 e. The third-order valence-electron chi connectivity index (χ3n) is 4.29.